The minimum absolute atomic E-state index is 0.251. The smallest absolute Gasteiger partial charge is 0.277 e. The number of imidazole rings is 1. The molecule has 0 aliphatic rings. The Morgan fingerprint density at radius 3 is 2.82 bits per heavy atom. The number of hydrogen-bond donors (Lipinski definition) is 2. The Bertz CT molecular complexity index is 827. The van der Waals surface area contributed by atoms with Gasteiger partial charge >= 0.3 is 0 Å². The Morgan fingerprint density at radius 1 is 1.32 bits per heavy atom. The standard InChI is InChI=1S/C14H16N4O2S2/c1-11(13-10-18-7-8-21-14(18)16-13)17-22(19,20)15-9-12-5-3-2-4-6-12/h2-8,10-11,15,17H,9H2,1H3. The molecule has 0 bridgehead atoms. The van der Waals surface area contributed by atoms with E-state index in [4.69, 9.17) is 0 Å². The fourth-order valence-electron chi connectivity index (χ4n) is 2.06. The molecule has 0 saturated carbocycles. The van der Waals surface area contributed by atoms with Gasteiger partial charge in [0.05, 0.1) is 11.7 Å². The van der Waals surface area contributed by atoms with Gasteiger partial charge in [0.1, 0.15) is 0 Å². The van der Waals surface area contributed by atoms with Gasteiger partial charge in [0.25, 0.3) is 10.2 Å². The Kier molecular flexibility index (Phi) is 4.25. The fraction of sp³-hybridized carbons (Fsp3) is 0.214. The fourth-order valence-corrected chi connectivity index (χ4v) is 3.80. The lowest BCUT2D eigenvalue weighted by atomic mass is 10.2. The van der Waals surface area contributed by atoms with Crippen molar-refractivity contribution in [2.24, 2.45) is 0 Å². The van der Waals surface area contributed by atoms with Crippen LogP contribution in [0.25, 0.3) is 4.96 Å². The van der Waals surface area contributed by atoms with Crippen LogP contribution in [0.15, 0.2) is 48.1 Å². The lowest BCUT2D eigenvalue weighted by molar-refractivity contribution is 0.549. The van der Waals surface area contributed by atoms with E-state index in [1.807, 2.05) is 52.5 Å². The highest BCUT2D eigenvalue weighted by Gasteiger charge is 2.17. The average molecular weight is 336 g/mol. The van der Waals surface area contributed by atoms with Gasteiger partial charge in [0, 0.05) is 24.3 Å². The van der Waals surface area contributed by atoms with Crippen LogP contribution in [-0.4, -0.2) is 17.8 Å². The zero-order chi connectivity index (χ0) is 15.6. The Hall–Kier alpha value is -1.74. The molecule has 0 amide bonds. The average Bonchev–Trinajstić information content (AvgIpc) is 3.07. The quantitative estimate of drug-likeness (QED) is 0.724. The van der Waals surface area contributed by atoms with E-state index in [9.17, 15) is 8.42 Å². The third kappa shape index (κ3) is 3.53. The lowest BCUT2D eigenvalue weighted by Crippen LogP contribution is -2.37. The minimum Gasteiger partial charge on any atom is -0.297 e. The van der Waals surface area contributed by atoms with Crippen LogP contribution in [0.5, 0.6) is 0 Å². The van der Waals surface area contributed by atoms with Crippen molar-refractivity contribution in [3.8, 4) is 0 Å². The summed E-state index contributed by atoms with van der Waals surface area (Å²) in [6, 6.07) is 8.98. The number of hydrogen-bond acceptors (Lipinski definition) is 4. The zero-order valence-electron chi connectivity index (χ0n) is 11.9. The van der Waals surface area contributed by atoms with Crippen LogP contribution in [0.4, 0.5) is 0 Å². The largest absolute Gasteiger partial charge is 0.297 e. The number of thiazole rings is 1. The first-order valence-electron chi connectivity index (χ1n) is 6.76. The van der Waals surface area contributed by atoms with Crippen LogP contribution in [0, 0.1) is 0 Å². The summed E-state index contributed by atoms with van der Waals surface area (Å²) in [6.07, 6.45) is 3.72. The number of nitrogens with zero attached hydrogens (tertiary/aromatic N) is 2. The summed E-state index contributed by atoms with van der Waals surface area (Å²) in [6.45, 7) is 2.02. The summed E-state index contributed by atoms with van der Waals surface area (Å²) in [7, 11) is -3.59. The molecular weight excluding hydrogens is 320 g/mol. The highest BCUT2D eigenvalue weighted by atomic mass is 32.2. The van der Waals surface area contributed by atoms with Crippen LogP contribution in [0.3, 0.4) is 0 Å². The molecule has 0 aliphatic heterocycles. The monoisotopic (exact) mass is 336 g/mol. The van der Waals surface area contributed by atoms with E-state index in [1.54, 1.807) is 6.92 Å². The summed E-state index contributed by atoms with van der Waals surface area (Å²) in [5.74, 6) is 0. The van der Waals surface area contributed by atoms with Gasteiger partial charge in [-0.05, 0) is 12.5 Å². The van der Waals surface area contributed by atoms with E-state index in [-0.39, 0.29) is 6.54 Å². The van der Waals surface area contributed by atoms with Gasteiger partial charge < -0.3 is 0 Å². The first-order chi connectivity index (χ1) is 10.5. The first-order valence-corrected chi connectivity index (χ1v) is 9.13. The molecular formula is C14H16N4O2S2. The van der Waals surface area contributed by atoms with Gasteiger partial charge in [-0.1, -0.05) is 30.3 Å². The van der Waals surface area contributed by atoms with Crippen molar-refractivity contribution in [2.75, 3.05) is 0 Å². The molecule has 0 radical (unpaired) electrons. The molecule has 0 spiro atoms. The number of rotatable bonds is 6. The van der Waals surface area contributed by atoms with Crippen molar-refractivity contribution < 1.29 is 8.42 Å². The molecule has 2 aromatic heterocycles. The molecule has 6 nitrogen and oxygen atoms in total. The molecule has 116 valence electrons. The van der Waals surface area contributed by atoms with Crippen LogP contribution >= 0.6 is 11.3 Å². The molecule has 3 rings (SSSR count). The Morgan fingerprint density at radius 2 is 2.09 bits per heavy atom. The molecule has 0 saturated heterocycles. The molecule has 8 heteroatoms. The van der Waals surface area contributed by atoms with Gasteiger partial charge in [-0.25, -0.2) is 4.98 Å². The maximum Gasteiger partial charge on any atom is 0.277 e. The second kappa shape index (κ2) is 6.17. The Balaban J connectivity index is 1.64. The molecule has 0 fully saturated rings. The zero-order valence-corrected chi connectivity index (χ0v) is 13.6. The highest BCUT2D eigenvalue weighted by Crippen LogP contribution is 2.17. The van der Waals surface area contributed by atoms with E-state index in [0.29, 0.717) is 5.69 Å². The number of fused-ring (bicyclic) bond motifs is 1. The van der Waals surface area contributed by atoms with Gasteiger partial charge in [-0.2, -0.15) is 17.9 Å². The van der Waals surface area contributed by atoms with Crippen LogP contribution in [0.1, 0.15) is 24.2 Å². The number of nitrogens with one attached hydrogen (secondary N) is 2. The molecule has 1 atom stereocenters. The van der Waals surface area contributed by atoms with E-state index in [2.05, 4.69) is 14.4 Å². The second-order valence-corrected chi connectivity index (χ2v) is 7.31. The SMILES string of the molecule is CC(NS(=O)(=O)NCc1ccccc1)c1cn2ccsc2n1. The summed E-state index contributed by atoms with van der Waals surface area (Å²) >= 11 is 1.51. The molecule has 3 aromatic rings. The topological polar surface area (TPSA) is 75.5 Å². The van der Waals surface area contributed by atoms with Crippen LogP contribution in [-0.2, 0) is 16.8 Å². The van der Waals surface area contributed by atoms with E-state index < -0.39 is 16.3 Å². The minimum atomic E-state index is -3.59. The maximum atomic E-state index is 12.1. The molecule has 2 heterocycles. The van der Waals surface area contributed by atoms with Crippen molar-refractivity contribution in [1.29, 1.82) is 0 Å². The first kappa shape index (κ1) is 15.2. The lowest BCUT2D eigenvalue weighted by Gasteiger charge is -2.13. The van der Waals surface area contributed by atoms with Gasteiger partial charge in [0.2, 0.25) is 0 Å². The number of benzene rings is 1. The van der Waals surface area contributed by atoms with Gasteiger partial charge in [0.15, 0.2) is 4.96 Å². The number of aromatic nitrogens is 2. The van der Waals surface area contributed by atoms with Crippen LogP contribution < -0.4 is 9.44 Å². The highest BCUT2D eigenvalue weighted by molar-refractivity contribution is 7.87. The van der Waals surface area contributed by atoms with Crippen molar-refractivity contribution in [2.45, 2.75) is 19.5 Å². The van der Waals surface area contributed by atoms with Crippen LogP contribution in [0.2, 0.25) is 0 Å². The van der Waals surface area contributed by atoms with Crippen molar-refractivity contribution in [3.05, 3.63) is 59.4 Å². The summed E-state index contributed by atoms with van der Waals surface area (Å²) in [4.78, 5) is 5.25. The van der Waals surface area contributed by atoms with Crippen molar-refractivity contribution >= 4 is 26.5 Å². The maximum absolute atomic E-state index is 12.1. The summed E-state index contributed by atoms with van der Waals surface area (Å²) in [5, 5.41) is 1.93. The normalized spacial score (nSPS) is 13.5. The predicted molar refractivity (Wildman–Crippen MR) is 86.8 cm³/mol. The van der Waals surface area contributed by atoms with Crippen molar-refractivity contribution in [1.82, 2.24) is 18.8 Å². The predicted octanol–water partition coefficient (Wildman–Crippen LogP) is 2.08. The summed E-state index contributed by atoms with van der Waals surface area (Å²) in [5.41, 5.74) is 1.60. The summed E-state index contributed by atoms with van der Waals surface area (Å²) < 4.78 is 31.2. The van der Waals surface area contributed by atoms with E-state index >= 15 is 0 Å². The third-order valence-electron chi connectivity index (χ3n) is 3.20. The molecule has 2 N–H and O–H groups in total. The van der Waals surface area contributed by atoms with E-state index in [1.165, 1.54) is 11.3 Å². The second-order valence-electron chi connectivity index (χ2n) is 4.91. The van der Waals surface area contributed by atoms with E-state index in [0.717, 1.165) is 10.5 Å². The Labute approximate surface area is 133 Å². The van der Waals surface area contributed by atoms with Gasteiger partial charge in [-0.15, -0.1) is 11.3 Å². The third-order valence-corrected chi connectivity index (χ3v) is 5.16. The molecule has 22 heavy (non-hydrogen) atoms. The molecule has 0 aliphatic carbocycles. The molecule has 1 aromatic carbocycles. The van der Waals surface area contributed by atoms with Gasteiger partial charge in [-0.3, -0.25) is 4.40 Å². The van der Waals surface area contributed by atoms with Crippen molar-refractivity contribution in [3.63, 3.8) is 0 Å². The molecule has 1 unspecified atom stereocenters.